The molecule has 0 atom stereocenters. The Hall–Kier alpha value is -2.52. The first-order valence-electron chi connectivity index (χ1n) is 5.43. The monoisotopic (exact) mass is 293 g/mol. The highest BCUT2D eigenvalue weighted by atomic mass is 32.1. The highest BCUT2D eigenvalue weighted by Crippen LogP contribution is 2.24. The highest BCUT2D eigenvalue weighted by Gasteiger charge is 2.29. The number of carbonyl (C=O) groups excluding carboxylic acids is 1. The number of anilines is 1. The zero-order valence-corrected chi connectivity index (χ0v) is 11.3. The van der Waals surface area contributed by atoms with Gasteiger partial charge in [0.25, 0.3) is 0 Å². The highest BCUT2D eigenvalue weighted by molar-refractivity contribution is 7.80. The van der Waals surface area contributed by atoms with Gasteiger partial charge in [0.1, 0.15) is 5.75 Å². The summed E-state index contributed by atoms with van der Waals surface area (Å²) in [7, 11) is 1.57. The van der Waals surface area contributed by atoms with Crippen LogP contribution in [0.25, 0.3) is 0 Å². The third-order valence-electron chi connectivity index (χ3n) is 2.35. The van der Waals surface area contributed by atoms with Crippen LogP contribution in [0.2, 0.25) is 0 Å². The van der Waals surface area contributed by atoms with E-state index in [9.17, 15) is 4.79 Å². The first kappa shape index (κ1) is 13.9. The fourth-order valence-electron chi connectivity index (χ4n) is 1.45. The topological polar surface area (TPSA) is 102 Å². The van der Waals surface area contributed by atoms with E-state index in [2.05, 4.69) is 28.0 Å². The standard InChI is InChI=1S/C11H11N5O3S/c1-18-8-4-2-7(3-5-8)16-9(10(17)19-15-16)6-13-14-11(12)20/h2-6,15H,1H3,(H2,12,20). The smallest absolute Gasteiger partial charge is 0.378 e. The van der Waals surface area contributed by atoms with Gasteiger partial charge in [0, 0.05) is 0 Å². The molecule has 0 radical (unpaired) electrons. The number of nitrogens with zero attached hydrogens (tertiary/aromatic N) is 3. The maximum absolute atomic E-state index is 11.6. The van der Waals surface area contributed by atoms with Gasteiger partial charge >= 0.3 is 5.97 Å². The Morgan fingerprint density at radius 1 is 1.50 bits per heavy atom. The summed E-state index contributed by atoms with van der Waals surface area (Å²) in [4.78, 5) is 16.3. The molecule has 2 rings (SSSR count). The lowest BCUT2D eigenvalue weighted by Gasteiger charge is -2.14. The van der Waals surface area contributed by atoms with E-state index in [1.165, 1.54) is 11.2 Å². The van der Waals surface area contributed by atoms with Crippen LogP contribution in [0.15, 0.2) is 46.4 Å². The van der Waals surface area contributed by atoms with Gasteiger partial charge in [-0.15, -0.1) is 5.11 Å². The second kappa shape index (κ2) is 6.08. The molecule has 3 N–H and O–H groups in total. The fourth-order valence-corrected chi connectivity index (χ4v) is 1.50. The van der Waals surface area contributed by atoms with Crippen molar-refractivity contribution in [3.8, 4) is 5.75 Å². The van der Waals surface area contributed by atoms with Crippen molar-refractivity contribution in [1.82, 2.24) is 5.59 Å². The fraction of sp³-hybridized carbons (Fsp3) is 0.0909. The number of rotatable bonds is 3. The molecule has 20 heavy (non-hydrogen) atoms. The number of ether oxygens (including phenoxy) is 1. The number of hydrogen-bond donors (Lipinski definition) is 2. The minimum atomic E-state index is -0.595. The average Bonchev–Trinajstić information content (AvgIpc) is 2.80. The number of nitrogens with two attached hydrogens (primary N) is 1. The van der Waals surface area contributed by atoms with Gasteiger partial charge in [-0.3, -0.25) is 0 Å². The van der Waals surface area contributed by atoms with Gasteiger partial charge in [-0.05, 0) is 36.5 Å². The Balaban J connectivity index is 2.24. The maximum Gasteiger partial charge on any atom is 0.378 e. The molecule has 1 fully saturated rings. The number of hydrogen-bond acceptors (Lipinski definition) is 7. The molecule has 0 unspecified atom stereocenters. The average molecular weight is 293 g/mol. The Morgan fingerprint density at radius 2 is 2.20 bits per heavy atom. The molecule has 8 nitrogen and oxygen atoms in total. The van der Waals surface area contributed by atoms with Crippen LogP contribution < -0.4 is 21.1 Å². The summed E-state index contributed by atoms with van der Waals surface area (Å²) in [5.74, 6) is 0.0987. The van der Waals surface area contributed by atoms with Crippen LogP contribution in [-0.4, -0.2) is 18.2 Å². The van der Waals surface area contributed by atoms with E-state index >= 15 is 0 Å². The Labute approximate surface area is 119 Å². The SMILES string of the molecule is COc1ccc(N2NOC(=O)C2=CN=NC(N)=S)cc1. The second-order valence-electron chi connectivity index (χ2n) is 3.58. The summed E-state index contributed by atoms with van der Waals surface area (Å²) in [6.07, 6.45) is 1.20. The minimum absolute atomic E-state index is 0.128. The number of azo groups is 1. The third-order valence-corrected chi connectivity index (χ3v) is 2.43. The van der Waals surface area contributed by atoms with Gasteiger partial charge in [-0.2, -0.15) is 5.11 Å². The van der Waals surface area contributed by atoms with Crippen LogP contribution in [0.1, 0.15) is 0 Å². The van der Waals surface area contributed by atoms with Gasteiger partial charge in [0.05, 0.1) is 19.0 Å². The van der Waals surface area contributed by atoms with Crippen molar-refractivity contribution in [2.75, 3.05) is 12.1 Å². The molecule has 0 aliphatic carbocycles. The number of carbonyl (C=O) groups is 1. The lowest BCUT2D eigenvalue weighted by Crippen LogP contribution is -2.28. The third kappa shape index (κ3) is 3.08. The molecule has 1 aliphatic heterocycles. The molecule has 0 saturated carbocycles. The van der Waals surface area contributed by atoms with E-state index in [1.54, 1.807) is 31.4 Å². The van der Waals surface area contributed by atoms with E-state index in [1.807, 2.05) is 0 Å². The first-order chi connectivity index (χ1) is 9.61. The normalized spacial score (nSPS) is 16.8. The van der Waals surface area contributed by atoms with E-state index in [0.717, 1.165) is 0 Å². The van der Waals surface area contributed by atoms with Crippen LogP contribution in [0, 0.1) is 0 Å². The molecule has 1 saturated heterocycles. The Bertz CT molecular complexity index is 584. The number of benzene rings is 1. The van der Waals surface area contributed by atoms with Crippen LogP contribution in [-0.2, 0) is 9.63 Å². The van der Waals surface area contributed by atoms with E-state index in [0.29, 0.717) is 11.4 Å². The maximum atomic E-state index is 11.6. The molecule has 1 aromatic rings. The van der Waals surface area contributed by atoms with Crippen molar-refractivity contribution in [3.63, 3.8) is 0 Å². The lowest BCUT2D eigenvalue weighted by atomic mass is 10.3. The largest absolute Gasteiger partial charge is 0.497 e. The van der Waals surface area contributed by atoms with E-state index in [-0.39, 0.29) is 10.8 Å². The lowest BCUT2D eigenvalue weighted by molar-refractivity contribution is -0.140. The van der Waals surface area contributed by atoms with E-state index < -0.39 is 5.97 Å². The molecule has 1 aromatic carbocycles. The Kier molecular flexibility index (Phi) is 4.23. The summed E-state index contributed by atoms with van der Waals surface area (Å²) < 4.78 is 5.06. The van der Waals surface area contributed by atoms with Crippen LogP contribution in [0.4, 0.5) is 5.69 Å². The molecule has 0 amide bonds. The quantitative estimate of drug-likeness (QED) is 0.487. The molecule has 0 spiro atoms. The number of thiocarbonyl (C=S) groups is 1. The number of methoxy groups -OCH3 is 1. The zero-order chi connectivity index (χ0) is 14.5. The van der Waals surface area contributed by atoms with E-state index in [4.69, 9.17) is 15.3 Å². The zero-order valence-electron chi connectivity index (χ0n) is 10.4. The molecule has 0 bridgehead atoms. The van der Waals surface area contributed by atoms with Crippen LogP contribution >= 0.6 is 12.2 Å². The van der Waals surface area contributed by atoms with Crippen LogP contribution in [0.3, 0.4) is 0 Å². The molecule has 0 aromatic heterocycles. The Morgan fingerprint density at radius 3 is 2.80 bits per heavy atom. The van der Waals surface area contributed by atoms with Crippen molar-refractivity contribution < 1.29 is 14.4 Å². The molecular weight excluding hydrogens is 282 g/mol. The van der Waals surface area contributed by atoms with Crippen molar-refractivity contribution in [2.45, 2.75) is 0 Å². The predicted molar refractivity (Wildman–Crippen MR) is 74.4 cm³/mol. The summed E-state index contributed by atoms with van der Waals surface area (Å²) in [6, 6.07) is 6.97. The molecule has 1 aliphatic rings. The molecule has 1 heterocycles. The van der Waals surface area contributed by atoms with Crippen molar-refractivity contribution >= 4 is 29.0 Å². The van der Waals surface area contributed by atoms with Crippen molar-refractivity contribution in [3.05, 3.63) is 36.2 Å². The first-order valence-corrected chi connectivity index (χ1v) is 5.84. The summed E-state index contributed by atoms with van der Waals surface area (Å²) >= 11 is 4.54. The van der Waals surface area contributed by atoms with Gasteiger partial charge < -0.3 is 15.3 Å². The summed E-state index contributed by atoms with van der Waals surface area (Å²) in [5, 5.41) is 8.33. The predicted octanol–water partition coefficient (Wildman–Crippen LogP) is 1.02. The minimum Gasteiger partial charge on any atom is -0.497 e. The van der Waals surface area contributed by atoms with Gasteiger partial charge in [0.15, 0.2) is 5.70 Å². The number of hydrazine groups is 1. The summed E-state index contributed by atoms with van der Waals surface area (Å²) in [5.41, 5.74) is 8.44. The second-order valence-corrected chi connectivity index (χ2v) is 4.00. The summed E-state index contributed by atoms with van der Waals surface area (Å²) in [6.45, 7) is 0. The van der Waals surface area contributed by atoms with Gasteiger partial charge in [-0.25, -0.2) is 9.80 Å². The van der Waals surface area contributed by atoms with Gasteiger partial charge in [-0.1, -0.05) is 5.59 Å². The van der Waals surface area contributed by atoms with Crippen molar-refractivity contribution in [1.29, 1.82) is 0 Å². The number of nitrogens with one attached hydrogen (secondary N) is 1. The molecular formula is C11H11N5O3S. The van der Waals surface area contributed by atoms with Crippen LogP contribution in [0.5, 0.6) is 5.75 Å². The molecule has 9 heteroatoms. The van der Waals surface area contributed by atoms with Gasteiger partial charge in [0.2, 0.25) is 5.11 Å². The molecule has 104 valence electrons. The van der Waals surface area contributed by atoms with Crippen molar-refractivity contribution in [2.24, 2.45) is 16.0 Å².